The van der Waals surface area contributed by atoms with Crippen molar-refractivity contribution in [3.63, 3.8) is 0 Å². The van der Waals surface area contributed by atoms with Crippen LogP contribution in [0.25, 0.3) is 77.8 Å². The van der Waals surface area contributed by atoms with Gasteiger partial charge in [-0.15, -0.1) is 0 Å². The van der Waals surface area contributed by atoms with Gasteiger partial charge >= 0.3 is 0 Å². The minimum Gasteiger partial charge on any atom is -0.305 e. The second-order valence-electron chi connectivity index (χ2n) is 10.9. The molecule has 5 nitrogen and oxygen atoms in total. The van der Waals surface area contributed by atoms with Crippen LogP contribution in [0.5, 0.6) is 0 Å². The van der Waals surface area contributed by atoms with Crippen molar-refractivity contribution in [3.8, 4) is 33.9 Å². The van der Waals surface area contributed by atoms with Crippen LogP contribution in [0.1, 0.15) is 0 Å². The van der Waals surface area contributed by atoms with E-state index in [4.69, 9.17) is 15.0 Å². The number of nitrogens with zero attached hydrogens (tertiary/aromatic N) is 5. The van der Waals surface area contributed by atoms with Crippen LogP contribution in [-0.2, 0) is 0 Å². The molecule has 44 heavy (non-hydrogen) atoms. The molecule has 4 aromatic carbocycles. The summed E-state index contributed by atoms with van der Waals surface area (Å²) in [5.74, 6) is 0.837. The van der Waals surface area contributed by atoms with Gasteiger partial charge in [-0.05, 0) is 53.6 Å². The zero-order chi connectivity index (χ0) is 29.0. The molecule has 206 valence electrons. The summed E-state index contributed by atoms with van der Waals surface area (Å²) in [5.41, 5.74) is 11.3. The Balaban J connectivity index is 1.48. The molecule has 0 aliphatic heterocycles. The fourth-order valence-electron chi connectivity index (χ4n) is 6.46. The maximum atomic E-state index is 5.35. The van der Waals surface area contributed by atoms with E-state index in [0.29, 0.717) is 0 Å². The quantitative estimate of drug-likeness (QED) is 0.214. The van der Waals surface area contributed by atoms with Crippen molar-refractivity contribution in [2.24, 2.45) is 0 Å². The van der Waals surface area contributed by atoms with Gasteiger partial charge < -0.3 is 4.57 Å². The summed E-state index contributed by atoms with van der Waals surface area (Å²) in [5, 5.41) is 2.08. The highest BCUT2D eigenvalue weighted by Crippen LogP contribution is 2.40. The first kappa shape index (κ1) is 24.5. The zero-order valence-corrected chi connectivity index (χ0v) is 23.7. The Morgan fingerprint density at radius 2 is 1.14 bits per heavy atom. The monoisotopic (exact) mass is 563 g/mol. The lowest BCUT2D eigenvalue weighted by Gasteiger charge is -2.14. The van der Waals surface area contributed by atoms with Crippen molar-refractivity contribution < 1.29 is 0 Å². The number of hydrogen-bond donors (Lipinski definition) is 0. The largest absolute Gasteiger partial charge is 0.305 e. The van der Waals surface area contributed by atoms with Crippen LogP contribution >= 0.6 is 0 Å². The molecule has 0 aliphatic carbocycles. The molecule has 0 atom stereocenters. The van der Waals surface area contributed by atoms with E-state index in [1.807, 2.05) is 30.6 Å². The van der Waals surface area contributed by atoms with Crippen molar-refractivity contribution in [1.82, 2.24) is 24.1 Å². The lowest BCUT2D eigenvalue weighted by Crippen LogP contribution is -2.02. The van der Waals surface area contributed by atoms with Crippen molar-refractivity contribution in [3.05, 3.63) is 152 Å². The summed E-state index contributed by atoms with van der Waals surface area (Å²) in [6.07, 6.45) is 3.83. The van der Waals surface area contributed by atoms with Crippen LogP contribution in [-0.4, -0.2) is 24.1 Å². The maximum absolute atomic E-state index is 5.35. The normalized spacial score (nSPS) is 11.6. The van der Waals surface area contributed by atoms with Crippen LogP contribution in [0.2, 0.25) is 0 Å². The Bertz CT molecular complexity index is 2420. The molecule has 9 aromatic rings. The molecule has 0 bridgehead atoms. The van der Waals surface area contributed by atoms with E-state index in [0.717, 1.165) is 77.8 Å². The fraction of sp³-hybridized carbons (Fsp3) is 0. The first-order valence-corrected chi connectivity index (χ1v) is 14.7. The van der Waals surface area contributed by atoms with E-state index >= 15 is 0 Å². The minimum absolute atomic E-state index is 0.837. The third-order valence-electron chi connectivity index (χ3n) is 8.39. The molecule has 5 heteroatoms. The molecule has 0 amide bonds. The predicted octanol–water partition coefficient (Wildman–Crippen LogP) is 9.40. The summed E-state index contributed by atoms with van der Waals surface area (Å²) >= 11 is 0. The lowest BCUT2D eigenvalue weighted by atomic mass is 10.0. The summed E-state index contributed by atoms with van der Waals surface area (Å²) in [7, 11) is 0. The third kappa shape index (κ3) is 3.69. The van der Waals surface area contributed by atoms with Crippen LogP contribution in [0.3, 0.4) is 0 Å². The first-order chi connectivity index (χ1) is 21.8. The standard InChI is InChI=1S/C39H25N5/c1-4-13-26(14-5-1)28-23-32(27-15-6-2-7-16-27)42-35(24-28)44-33-20-11-10-19-30(33)37-39(44)38-31(25-41-37)36-34(21-12-22-40-36)43(38)29-17-8-3-9-18-29/h1-25H. The average Bonchev–Trinajstić information content (AvgIpc) is 3.62. The molecule has 0 saturated carbocycles. The van der Waals surface area contributed by atoms with Crippen LogP contribution < -0.4 is 0 Å². The van der Waals surface area contributed by atoms with Gasteiger partial charge in [0, 0.05) is 34.4 Å². The molecule has 0 fully saturated rings. The van der Waals surface area contributed by atoms with E-state index in [-0.39, 0.29) is 0 Å². The molecule has 9 rings (SSSR count). The molecule has 0 saturated heterocycles. The van der Waals surface area contributed by atoms with Crippen LogP contribution in [0.4, 0.5) is 0 Å². The lowest BCUT2D eigenvalue weighted by molar-refractivity contribution is 1.08. The number of aromatic nitrogens is 5. The molecular weight excluding hydrogens is 538 g/mol. The molecule has 0 radical (unpaired) electrons. The summed E-state index contributed by atoms with van der Waals surface area (Å²) in [6, 6.07) is 48.4. The predicted molar refractivity (Wildman–Crippen MR) is 179 cm³/mol. The molecule has 0 aliphatic rings. The van der Waals surface area contributed by atoms with E-state index in [2.05, 4.69) is 130 Å². The zero-order valence-electron chi connectivity index (χ0n) is 23.7. The van der Waals surface area contributed by atoms with Crippen molar-refractivity contribution >= 4 is 43.9 Å². The van der Waals surface area contributed by atoms with Gasteiger partial charge in [0.15, 0.2) is 0 Å². The molecule has 5 aromatic heterocycles. The van der Waals surface area contributed by atoms with E-state index < -0.39 is 0 Å². The highest BCUT2D eigenvalue weighted by atomic mass is 15.1. The van der Waals surface area contributed by atoms with Gasteiger partial charge in [0.1, 0.15) is 5.82 Å². The molecule has 0 N–H and O–H groups in total. The van der Waals surface area contributed by atoms with Gasteiger partial charge in [0.2, 0.25) is 0 Å². The van der Waals surface area contributed by atoms with Crippen molar-refractivity contribution in [2.75, 3.05) is 0 Å². The molecular formula is C39H25N5. The number of hydrogen-bond acceptors (Lipinski definition) is 3. The maximum Gasteiger partial charge on any atom is 0.139 e. The Morgan fingerprint density at radius 3 is 1.93 bits per heavy atom. The Kier molecular flexibility index (Phi) is 5.43. The highest BCUT2D eigenvalue weighted by Gasteiger charge is 2.23. The SMILES string of the molecule is c1ccc(-c2cc(-c3ccccc3)nc(-n3c4ccccc4c4ncc5c6ncccc6n(-c6ccccc6)c5c43)c2)cc1. The first-order valence-electron chi connectivity index (χ1n) is 14.7. The van der Waals surface area contributed by atoms with Crippen LogP contribution in [0.15, 0.2) is 152 Å². The van der Waals surface area contributed by atoms with E-state index in [1.54, 1.807) is 0 Å². The van der Waals surface area contributed by atoms with E-state index in [1.165, 1.54) is 0 Å². The summed E-state index contributed by atoms with van der Waals surface area (Å²) < 4.78 is 4.60. The van der Waals surface area contributed by atoms with Gasteiger partial charge in [-0.3, -0.25) is 14.5 Å². The smallest absolute Gasteiger partial charge is 0.139 e. The van der Waals surface area contributed by atoms with Gasteiger partial charge in [0.25, 0.3) is 0 Å². The third-order valence-corrected chi connectivity index (χ3v) is 8.39. The van der Waals surface area contributed by atoms with Crippen molar-refractivity contribution in [2.45, 2.75) is 0 Å². The number of fused-ring (bicyclic) bond motifs is 7. The number of benzene rings is 4. The van der Waals surface area contributed by atoms with Crippen molar-refractivity contribution in [1.29, 1.82) is 0 Å². The minimum atomic E-state index is 0.837. The average molecular weight is 564 g/mol. The highest BCUT2D eigenvalue weighted by molar-refractivity contribution is 6.21. The molecule has 5 heterocycles. The number of rotatable bonds is 4. The van der Waals surface area contributed by atoms with Gasteiger partial charge in [-0.2, -0.15) is 0 Å². The molecule has 0 spiro atoms. The number of para-hydroxylation sites is 2. The van der Waals surface area contributed by atoms with Gasteiger partial charge in [-0.25, -0.2) is 4.98 Å². The summed E-state index contributed by atoms with van der Waals surface area (Å²) in [4.78, 5) is 15.3. The second kappa shape index (κ2) is 9.75. The van der Waals surface area contributed by atoms with Gasteiger partial charge in [-0.1, -0.05) is 97.1 Å². The Labute approximate surface area is 253 Å². The van der Waals surface area contributed by atoms with E-state index in [9.17, 15) is 0 Å². The fourth-order valence-corrected chi connectivity index (χ4v) is 6.46. The number of pyridine rings is 3. The van der Waals surface area contributed by atoms with Crippen LogP contribution in [0, 0.1) is 0 Å². The Hall–Kier alpha value is -6.07. The topological polar surface area (TPSA) is 48.5 Å². The second-order valence-corrected chi connectivity index (χ2v) is 10.9. The Morgan fingerprint density at radius 1 is 0.455 bits per heavy atom. The summed E-state index contributed by atoms with van der Waals surface area (Å²) in [6.45, 7) is 0. The van der Waals surface area contributed by atoms with Gasteiger partial charge in [0.05, 0.1) is 38.8 Å². The molecule has 0 unspecified atom stereocenters.